The Morgan fingerprint density at radius 1 is 1.23 bits per heavy atom. The molecule has 0 aromatic heterocycles. The summed E-state index contributed by atoms with van der Waals surface area (Å²) >= 11 is 0. The number of ketones is 1. The predicted molar refractivity (Wildman–Crippen MR) is 113 cm³/mol. The zero-order chi connectivity index (χ0) is 21.7. The molecular formula is C25H38O5. The lowest BCUT2D eigenvalue weighted by molar-refractivity contribution is -0.344. The Morgan fingerprint density at radius 2 is 2.00 bits per heavy atom. The summed E-state index contributed by atoms with van der Waals surface area (Å²) in [5, 5.41) is 0. The molecule has 0 radical (unpaired) electrons. The largest absolute Gasteiger partial charge is 0.465 e. The summed E-state index contributed by atoms with van der Waals surface area (Å²) in [5.74, 6) is 1.21. The highest BCUT2D eigenvalue weighted by atomic mass is 17.2. The number of esters is 1. The first kappa shape index (κ1) is 22.0. The normalized spacial score (nSPS) is 42.3. The Hall–Kier alpha value is -1.20. The minimum absolute atomic E-state index is 0.0117. The maximum atomic E-state index is 13.7. The zero-order valence-electron chi connectivity index (χ0n) is 19.2. The standard InChI is InChI=1S/C25H38O5/c1-6-11-28-23(27)25-10-9-24(13-17(5)26)14-21-16(4)12-20(29-30-21)22(24)19(25)8-7-18(25)15(2)3/h12,15,18-22H,6-11,13-14H2,1-5H3/t18-,19+,20?,21?,22-,24-,25+/m1/s1. The molecule has 3 aliphatic carbocycles. The Morgan fingerprint density at radius 3 is 2.63 bits per heavy atom. The van der Waals surface area contributed by atoms with E-state index in [9.17, 15) is 9.59 Å². The molecule has 0 spiro atoms. The van der Waals surface area contributed by atoms with E-state index in [1.165, 1.54) is 5.57 Å². The first-order valence-corrected chi connectivity index (χ1v) is 11.9. The van der Waals surface area contributed by atoms with Crippen molar-refractivity contribution in [2.75, 3.05) is 6.61 Å². The van der Waals surface area contributed by atoms with Crippen LogP contribution in [-0.4, -0.2) is 30.6 Å². The van der Waals surface area contributed by atoms with Crippen LogP contribution in [0.2, 0.25) is 0 Å². The number of carbonyl (C=O) groups is 2. The Kier molecular flexibility index (Phi) is 5.91. The van der Waals surface area contributed by atoms with Crippen LogP contribution < -0.4 is 0 Å². The van der Waals surface area contributed by atoms with E-state index in [1.807, 2.05) is 6.92 Å². The fourth-order valence-electron chi connectivity index (χ4n) is 7.65. The number of ether oxygens (including phenoxy) is 1. The average Bonchev–Trinajstić information content (AvgIpc) is 2.95. The minimum atomic E-state index is -0.470. The number of hydrogen-bond donors (Lipinski definition) is 0. The van der Waals surface area contributed by atoms with Gasteiger partial charge in [0.1, 0.15) is 18.0 Å². The zero-order valence-corrected chi connectivity index (χ0v) is 19.2. The fourth-order valence-corrected chi connectivity index (χ4v) is 7.65. The average molecular weight is 419 g/mol. The van der Waals surface area contributed by atoms with Crippen molar-refractivity contribution in [3.63, 3.8) is 0 Å². The number of rotatable bonds is 6. The summed E-state index contributed by atoms with van der Waals surface area (Å²) in [6.07, 6.45) is 7.80. The third-order valence-electron chi connectivity index (χ3n) is 8.68. The van der Waals surface area contributed by atoms with Gasteiger partial charge in [-0.1, -0.05) is 26.8 Å². The molecule has 1 saturated heterocycles. The molecule has 5 nitrogen and oxygen atoms in total. The fraction of sp³-hybridized carbons (Fsp3) is 0.840. The van der Waals surface area contributed by atoms with E-state index in [0.29, 0.717) is 24.9 Å². The van der Waals surface area contributed by atoms with Gasteiger partial charge in [-0.2, -0.15) is 0 Å². The maximum absolute atomic E-state index is 13.7. The topological polar surface area (TPSA) is 61.8 Å². The minimum Gasteiger partial charge on any atom is -0.465 e. The smallest absolute Gasteiger partial charge is 0.312 e. The quantitative estimate of drug-likeness (QED) is 0.344. The van der Waals surface area contributed by atoms with E-state index in [4.69, 9.17) is 14.5 Å². The number of carbonyl (C=O) groups excluding carboxylic acids is 2. The number of fused-ring (bicyclic) bond motifs is 2. The summed E-state index contributed by atoms with van der Waals surface area (Å²) in [7, 11) is 0. The van der Waals surface area contributed by atoms with Gasteiger partial charge < -0.3 is 9.53 Å². The van der Waals surface area contributed by atoms with Crippen molar-refractivity contribution in [3.8, 4) is 0 Å². The molecule has 7 atom stereocenters. The van der Waals surface area contributed by atoms with Gasteiger partial charge in [0.25, 0.3) is 0 Å². The lowest BCUT2D eigenvalue weighted by Crippen LogP contribution is -2.56. The number of hydrogen-bond acceptors (Lipinski definition) is 5. The van der Waals surface area contributed by atoms with Crippen LogP contribution in [0.3, 0.4) is 0 Å². The third-order valence-corrected chi connectivity index (χ3v) is 8.68. The van der Waals surface area contributed by atoms with E-state index in [-0.39, 0.29) is 41.2 Å². The van der Waals surface area contributed by atoms with E-state index < -0.39 is 5.41 Å². The summed E-state index contributed by atoms with van der Waals surface area (Å²) < 4.78 is 5.85. The van der Waals surface area contributed by atoms with Crippen LogP contribution in [0, 0.1) is 34.5 Å². The molecule has 2 unspecified atom stereocenters. The van der Waals surface area contributed by atoms with Gasteiger partial charge in [0.15, 0.2) is 0 Å². The van der Waals surface area contributed by atoms with E-state index in [1.54, 1.807) is 6.92 Å². The van der Waals surface area contributed by atoms with Crippen LogP contribution in [-0.2, 0) is 24.1 Å². The highest BCUT2D eigenvalue weighted by Crippen LogP contribution is 2.68. The molecule has 168 valence electrons. The van der Waals surface area contributed by atoms with Gasteiger partial charge >= 0.3 is 5.97 Å². The summed E-state index contributed by atoms with van der Waals surface area (Å²) in [6.45, 7) is 10.8. The highest BCUT2D eigenvalue weighted by molar-refractivity contribution is 5.79. The Bertz CT molecular complexity index is 727. The van der Waals surface area contributed by atoms with Crippen molar-refractivity contribution in [2.45, 2.75) is 91.8 Å². The molecule has 0 N–H and O–H groups in total. The second-order valence-corrected chi connectivity index (χ2v) is 10.7. The predicted octanol–water partition coefficient (Wildman–Crippen LogP) is 5.03. The van der Waals surface area contributed by atoms with Crippen molar-refractivity contribution in [1.29, 1.82) is 0 Å². The third kappa shape index (κ3) is 3.28. The van der Waals surface area contributed by atoms with Crippen molar-refractivity contribution in [2.24, 2.45) is 34.5 Å². The van der Waals surface area contributed by atoms with Crippen LogP contribution in [0.1, 0.15) is 79.6 Å². The molecule has 5 heteroatoms. The molecule has 5 rings (SSSR count). The van der Waals surface area contributed by atoms with Crippen LogP contribution in [0.15, 0.2) is 11.6 Å². The summed E-state index contributed by atoms with van der Waals surface area (Å²) in [6, 6.07) is 0. The summed E-state index contributed by atoms with van der Waals surface area (Å²) in [5.41, 5.74) is 0.555. The molecule has 5 aliphatic rings. The van der Waals surface area contributed by atoms with Crippen molar-refractivity contribution < 1.29 is 24.1 Å². The molecule has 2 aliphatic heterocycles. The molecule has 2 bridgehead atoms. The van der Waals surface area contributed by atoms with Crippen LogP contribution in [0.5, 0.6) is 0 Å². The van der Waals surface area contributed by atoms with Gasteiger partial charge in [-0.05, 0) is 81.1 Å². The molecule has 3 fully saturated rings. The van der Waals surface area contributed by atoms with Crippen LogP contribution in [0.25, 0.3) is 0 Å². The van der Waals surface area contributed by atoms with Crippen molar-refractivity contribution in [1.82, 2.24) is 0 Å². The van der Waals surface area contributed by atoms with Gasteiger partial charge in [0, 0.05) is 12.3 Å². The second-order valence-electron chi connectivity index (χ2n) is 10.7. The van der Waals surface area contributed by atoms with Gasteiger partial charge in [-0.25, -0.2) is 9.78 Å². The van der Waals surface area contributed by atoms with E-state index >= 15 is 0 Å². The van der Waals surface area contributed by atoms with E-state index in [2.05, 4.69) is 26.8 Å². The van der Waals surface area contributed by atoms with Crippen molar-refractivity contribution in [3.05, 3.63) is 11.6 Å². The molecule has 2 saturated carbocycles. The number of Topliss-reactive ketones (excluding diaryl/α,β-unsaturated/α-hetero) is 1. The lowest BCUT2D eigenvalue weighted by atomic mass is 9.48. The molecule has 0 amide bonds. The van der Waals surface area contributed by atoms with Gasteiger partial charge in [0.05, 0.1) is 12.0 Å². The molecule has 0 aromatic carbocycles. The SMILES string of the molecule is CCCOC(=O)[C@]12CC[C@@]3(CC(C)=O)CC4OOC(C=C4C)[C@H]3[C@@H]1CC[C@@H]2C(C)C. The Labute approximate surface area is 180 Å². The highest BCUT2D eigenvalue weighted by Gasteiger charge is 2.68. The monoisotopic (exact) mass is 418 g/mol. The molecular weight excluding hydrogens is 380 g/mol. The lowest BCUT2D eigenvalue weighted by Gasteiger charge is -2.55. The molecule has 2 heterocycles. The van der Waals surface area contributed by atoms with Crippen LogP contribution >= 0.6 is 0 Å². The van der Waals surface area contributed by atoms with Gasteiger partial charge in [-0.15, -0.1) is 0 Å². The second kappa shape index (κ2) is 8.05. The summed E-state index contributed by atoms with van der Waals surface area (Å²) in [4.78, 5) is 37.8. The molecule has 0 aromatic rings. The Balaban J connectivity index is 1.80. The van der Waals surface area contributed by atoms with Crippen LogP contribution in [0.4, 0.5) is 0 Å². The molecule has 30 heavy (non-hydrogen) atoms. The maximum Gasteiger partial charge on any atom is 0.312 e. The van der Waals surface area contributed by atoms with Gasteiger partial charge in [0.2, 0.25) is 0 Å². The van der Waals surface area contributed by atoms with Gasteiger partial charge in [-0.3, -0.25) is 4.79 Å². The van der Waals surface area contributed by atoms with E-state index in [0.717, 1.165) is 38.5 Å². The first-order chi connectivity index (χ1) is 14.2. The van der Waals surface area contributed by atoms with Crippen molar-refractivity contribution >= 4 is 11.8 Å². The first-order valence-electron chi connectivity index (χ1n) is 11.9.